The minimum absolute atomic E-state index is 0.0591. The van der Waals surface area contributed by atoms with E-state index in [9.17, 15) is 9.50 Å². The van der Waals surface area contributed by atoms with Crippen LogP contribution < -0.4 is 4.74 Å². The smallest absolute Gasteiger partial charge is 0.251 e. The summed E-state index contributed by atoms with van der Waals surface area (Å²) in [7, 11) is 1.46. The van der Waals surface area contributed by atoms with Crippen LogP contribution in [-0.4, -0.2) is 22.4 Å². The Morgan fingerprint density at radius 1 is 1.33 bits per heavy atom. The molecular weight excluding hydrogens is 239 g/mol. The van der Waals surface area contributed by atoms with E-state index in [0.717, 1.165) is 0 Å². The number of nitrogens with zero attached hydrogens (tertiary/aromatic N) is 2. The Balaban J connectivity index is 2.49. The van der Waals surface area contributed by atoms with E-state index in [0.29, 0.717) is 11.3 Å². The van der Waals surface area contributed by atoms with Gasteiger partial charge < -0.3 is 14.3 Å². The van der Waals surface area contributed by atoms with Gasteiger partial charge in [-0.15, -0.1) is 10.2 Å². The van der Waals surface area contributed by atoms with Gasteiger partial charge in [0.05, 0.1) is 12.7 Å². The van der Waals surface area contributed by atoms with Crippen LogP contribution >= 0.6 is 0 Å². The monoisotopic (exact) mass is 252 g/mol. The first-order valence-electron chi connectivity index (χ1n) is 5.32. The third-order valence-corrected chi connectivity index (χ3v) is 2.34. The minimum atomic E-state index is -1.24. The van der Waals surface area contributed by atoms with E-state index in [1.54, 1.807) is 0 Å². The Bertz CT molecular complexity index is 561. The third kappa shape index (κ3) is 2.33. The van der Waals surface area contributed by atoms with Gasteiger partial charge in [-0.1, -0.05) is 0 Å². The molecule has 1 aromatic carbocycles. The number of methoxy groups -OCH3 is 1. The van der Waals surface area contributed by atoms with E-state index in [4.69, 9.17) is 9.15 Å². The highest BCUT2D eigenvalue weighted by Gasteiger charge is 2.25. The van der Waals surface area contributed by atoms with E-state index >= 15 is 0 Å². The van der Waals surface area contributed by atoms with E-state index < -0.39 is 11.4 Å². The summed E-state index contributed by atoms with van der Waals surface area (Å²) in [5.41, 5.74) is -0.897. The van der Waals surface area contributed by atoms with E-state index in [1.165, 1.54) is 39.2 Å². The zero-order valence-electron chi connectivity index (χ0n) is 10.3. The molecule has 0 spiro atoms. The summed E-state index contributed by atoms with van der Waals surface area (Å²) in [6.07, 6.45) is 0. The molecule has 0 aliphatic heterocycles. The average Bonchev–Trinajstić information content (AvgIpc) is 2.77. The van der Waals surface area contributed by atoms with Crippen molar-refractivity contribution < 1.29 is 18.7 Å². The van der Waals surface area contributed by atoms with Crippen molar-refractivity contribution in [2.45, 2.75) is 19.4 Å². The van der Waals surface area contributed by atoms with Gasteiger partial charge in [0, 0.05) is 0 Å². The lowest BCUT2D eigenvalue weighted by Crippen LogP contribution is -2.15. The summed E-state index contributed by atoms with van der Waals surface area (Å²) < 4.78 is 23.6. The molecule has 5 nitrogen and oxygen atoms in total. The van der Waals surface area contributed by atoms with Gasteiger partial charge in [-0.05, 0) is 32.0 Å². The molecule has 1 aromatic heterocycles. The Hall–Kier alpha value is -1.95. The van der Waals surface area contributed by atoms with Gasteiger partial charge in [-0.2, -0.15) is 0 Å². The molecule has 0 saturated carbocycles. The fourth-order valence-electron chi connectivity index (χ4n) is 1.43. The maximum absolute atomic E-state index is 13.2. The van der Waals surface area contributed by atoms with Crippen LogP contribution in [0.3, 0.4) is 0 Å². The lowest BCUT2D eigenvalue weighted by Gasteiger charge is -2.10. The maximum Gasteiger partial charge on any atom is 0.251 e. The zero-order valence-corrected chi connectivity index (χ0v) is 10.3. The quantitative estimate of drug-likeness (QED) is 0.906. The van der Waals surface area contributed by atoms with Crippen molar-refractivity contribution in [3.05, 3.63) is 29.9 Å². The number of halogens is 1. The molecule has 0 bridgehead atoms. The van der Waals surface area contributed by atoms with Crippen LogP contribution in [0.5, 0.6) is 5.75 Å². The summed E-state index contributed by atoms with van der Waals surface area (Å²) >= 11 is 0. The molecular formula is C12H13FN2O3. The number of ether oxygens (including phenoxy) is 1. The lowest BCUT2D eigenvalue weighted by atomic mass is 10.1. The number of aromatic nitrogens is 2. The van der Waals surface area contributed by atoms with Crippen LogP contribution in [0.2, 0.25) is 0 Å². The molecule has 18 heavy (non-hydrogen) atoms. The highest BCUT2D eigenvalue weighted by atomic mass is 19.1. The Labute approximate surface area is 103 Å². The van der Waals surface area contributed by atoms with Gasteiger partial charge in [-0.3, -0.25) is 0 Å². The second-order valence-corrected chi connectivity index (χ2v) is 4.32. The van der Waals surface area contributed by atoms with Crippen LogP contribution in [0, 0.1) is 5.82 Å². The van der Waals surface area contributed by atoms with Crippen molar-refractivity contribution >= 4 is 0 Å². The van der Waals surface area contributed by atoms with Gasteiger partial charge >= 0.3 is 0 Å². The van der Waals surface area contributed by atoms with Crippen LogP contribution in [0.25, 0.3) is 11.5 Å². The van der Waals surface area contributed by atoms with Crippen LogP contribution in [0.4, 0.5) is 4.39 Å². The number of hydrogen-bond donors (Lipinski definition) is 1. The molecule has 0 aliphatic carbocycles. The molecule has 0 amide bonds. The molecule has 0 unspecified atom stereocenters. The first-order valence-corrected chi connectivity index (χ1v) is 5.32. The van der Waals surface area contributed by atoms with Crippen molar-refractivity contribution in [2.75, 3.05) is 7.11 Å². The fourth-order valence-corrected chi connectivity index (χ4v) is 1.43. The molecule has 2 rings (SSSR count). The summed E-state index contributed by atoms with van der Waals surface area (Å²) in [6.45, 7) is 3.04. The van der Waals surface area contributed by atoms with Crippen LogP contribution in [0.1, 0.15) is 19.7 Å². The zero-order chi connectivity index (χ0) is 13.3. The lowest BCUT2D eigenvalue weighted by molar-refractivity contribution is 0.0487. The Kier molecular flexibility index (Phi) is 3.04. The minimum Gasteiger partial charge on any atom is -0.496 e. The van der Waals surface area contributed by atoms with Crippen molar-refractivity contribution in [1.29, 1.82) is 0 Å². The SMILES string of the molecule is COc1ccc(F)cc1-c1nnc(C(C)(C)O)o1. The van der Waals surface area contributed by atoms with Crippen LogP contribution in [-0.2, 0) is 5.60 Å². The van der Waals surface area contributed by atoms with E-state index in [-0.39, 0.29) is 11.8 Å². The summed E-state index contributed by atoms with van der Waals surface area (Å²) in [6, 6.07) is 3.98. The predicted octanol–water partition coefficient (Wildman–Crippen LogP) is 2.11. The number of benzene rings is 1. The van der Waals surface area contributed by atoms with Crippen LogP contribution in [0.15, 0.2) is 22.6 Å². The summed E-state index contributed by atoms with van der Waals surface area (Å²) in [5, 5.41) is 17.2. The Morgan fingerprint density at radius 3 is 2.61 bits per heavy atom. The second-order valence-electron chi connectivity index (χ2n) is 4.32. The predicted molar refractivity (Wildman–Crippen MR) is 61.5 cm³/mol. The molecule has 1 heterocycles. The number of hydrogen-bond acceptors (Lipinski definition) is 5. The fraction of sp³-hybridized carbons (Fsp3) is 0.333. The number of aliphatic hydroxyl groups is 1. The molecule has 0 fully saturated rings. The van der Waals surface area contributed by atoms with Crippen molar-refractivity contribution in [2.24, 2.45) is 0 Å². The molecule has 0 atom stereocenters. The third-order valence-electron chi connectivity index (χ3n) is 2.34. The topological polar surface area (TPSA) is 68.4 Å². The first-order chi connectivity index (χ1) is 8.41. The van der Waals surface area contributed by atoms with E-state index in [1.807, 2.05) is 0 Å². The molecule has 2 aromatic rings. The Morgan fingerprint density at radius 2 is 2.06 bits per heavy atom. The van der Waals surface area contributed by atoms with Crippen molar-refractivity contribution in [3.63, 3.8) is 0 Å². The average molecular weight is 252 g/mol. The van der Waals surface area contributed by atoms with Gasteiger partial charge in [0.15, 0.2) is 0 Å². The van der Waals surface area contributed by atoms with Crippen molar-refractivity contribution in [3.8, 4) is 17.2 Å². The standard InChI is InChI=1S/C12H13FN2O3/c1-12(2,16)11-15-14-10(18-11)8-6-7(13)4-5-9(8)17-3/h4-6,16H,1-3H3. The van der Waals surface area contributed by atoms with E-state index in [2.05, 4.69) is 10.2 Å². The normalized spacial score (nSPS) is 11.6. The van der Waals surface area contributed by atoms with Gasteiger partial charge in [0.25, 0.3) is 5.89 Å². The summed E-state index contributed by atoms with van der Waals surface area (Å²) in [5.74, 6) is 0.142. The highest BCUT2D eigenvalue weighted by molar-refractivity contribution is 5.62. The number of rotatable bonds is 3. The molecule has 0 saturated heterocycles. The molecule has 1 N–H and O–H groups in total. The highest BCUT2D eigenvalue weighted by Crippen LogP contribution is 2.31. The second kappa shape index (κ2) is 4.38. The molecule has 6 heteroatoms. The molecule has 96 valence electrons. The van der Waals surface area contributed by atoms with Crippen molar-refractivity contribution in [1.82, 2.24) is 10.2 Å². The molecule has 0 aliphatic rings. The van der Waals surface area contributed by atoms with Gasteiger partial charge in [-0.25, -0.2) is 4.39 Å². The largest absolute Gasteiger partial charge is 0.496 e. The summed E-state index contributed by atoms with van der Waals surface area (Å²) in [4.78, 5) is 0. The molecule has 0 radical (unpaired) electrons. The maximum atomic E-state index is 13.2. The van der Waals surface area contributed by atoms with Gasteiger partial charge in [0.2, 0.25) is 5.89 Å². The first kappa shape index (κ1) is 12.5. The van der Waals surface area contributed by atoms with Gasteiger partial charge in [0.1, 0.15) is 17.2 Å².